The van der Waals surface area contributed by atoms with Gasteiger partial charge in [-0.05, 0) is 92.8 Å². The monoisotopic (exact) mass is 488 g/mol. The Balaban J connectivity index is 1.60. The summed E-state index contributed by atoms with van der Waals surface area (Å²) in [6.45, 7) is 10.5. The van der Waals surface area contributed by atoms with E-state index in [1.54, 1.807) is 0 Å². The summed E-state index contributed by atoms with van der Waals surface area (Å²) in [5.41, 5.74) is -0.462. The van der Waals surface area contributed by atoms with Crippen molar-refractivity contribution in [2.24, 2.45) is 46.8 Å². The number of aliphatic carboxylic acids is 1. The lowest BCUT2D eigenvalue weighted by Crippen LogP contribution is -2.63. The second-order valence-corrected chi connectivity index (χ2v) is 14.3. The van der Waals surface area contributed by atoms with Gasteiger partial charge in [-0.15, -0.1) is 0 Å². The molecule has 2 N–H and O–H groups in total. The van der Waals surface area contributed by atoms with Crippen LogP contribution < -0.4 is 5.32 Å². The van der Waals surface area contributed by atoms with E-state index in [9.17, 15) is 19.5 Å². The number of nitrogens with one attached hydrogen (secondary N) is 1. The van der Waals surface area contributed by atoms with Crippen LogP contribution in [0, 0.1) is 46.8 Å². The summed E-state index contributed by atoms with van der Waals surface area (Å²) >= 11 is 0. The summed E-state index contributed by atoms with van der Waals surface area (Å²) < 4.78 is 0. The summed E-state index contributed by atoms with van der Waals surface area (Å²) in [4.78, 5) is 42.0. The van der Waals surface area contributed by atoms with E-state index in [0.717, 1.165) is 44.9 Å². The molecule has 0 heterocycles. The van der Waals surface area contributed by atoms with Gasteiger partial charge in [-0.3, -0.25) is 14.5 Å². The molecule has 0 aliphatic heterocycles. The molecule has 198 valence electrons. The predicted molar refractivity (Wildman–Crippen MR) is 137 cm³/mol. The molecule has 5 aliphatic carbocycles. The Morgan fingerprint density at radius 3 is 1.91 bits per heavy atom. The fourth-order valence-electron chi connectivity index (χ4n) is 8.41. The second kappa shape index (κ2) is 10.0. The SMILES string of the molecule is CC(C)C[C@@H](C(=O)N(CC(C)(C)C)C(=O)NC12CC3CC(CC(C3)C1)C2)[C@@H](C(=O)O)C1CCCC1. The molecule has 0 aromatic heterocycles. The van der Waals surface area contributed by atoms with Crippen molar-refractivity contribution < 1.29 is 19.5 Å². The minimum Gasteiger partial charge on any atom is -0.481 e. The van der Waals surface area contributed by atoms with Crippen LogP contribution in [0.25, 0.3) is 0 Å². The molecule has 0 aromatic rings. The van der Waals surface area contributed by atoms with Crippen LogP contribution in [-0.4, -0.2) is 40.0 Å². The van der Waals surface area contributed by atoms with E-state index in [1.165, 1.54) is 24.2 Å². The van der Waals surface area contributed by atoms with Gasteiger partial charge in [0.25, 0.3) is 0 Å². The van der Waals surface area contributed by atoms with Crippen molar-refractivity contribution in [3.63, 3.8) is 0 Å². The summed E-state index contributed by atoms with van der Waals surface area (Å²) in [5, 5.41) is 13.7. The summed E-state index contributed by atoms with van der Waals surface area (Å²) in [6.07, 6.45) is 11.2. The first-order chi connectivity index (χ1) is 16.4. The Kier molecular flexibility index (Phi) is 7.60. The Labute approximate surface area is 212 Å². The van der Waals surface area contributed by atoms with Crippen LogP contribution in [0.1, 0.15) is 105 Å². The molecular formula is C29H48N2O4. The van der Waals surface area contributed by atoms with Gasteiger partial charge >= 0.3 is 12.0 Å². The van der Waals surface area contributed by atoms with E-state index in [1.807, 2.05) is 34.6 Å². The Morgan fingerprint density at radius 2 is 1.49 bits per heavy atom. The molecule has 0 unspecified atom stereocenters. The van der Waals surface area contributed by atoms with E-state index >= 15 is 0 Å². The Morgan fingerprint density at radius 1 is 0.971 bits per heavy atom. The highest BCUT2D eigenvalue weighted by Gasteiger charge is 2.52. The van der Waals surface area contributed by atoms with Crippen LogP contribution >= 0.6 is 0 Å². The van der Waals surface area contributed by atoms with Crippen LogP contribution in [-0.2, 0) is 9.59 Å². The first kappa shape index (κ1) is 26.5. The maximum atomic E-state index is 14.2. The first-order valence-corrected chi connectivity index (χ1v) is 14.2. The third-order valence-corrected chi connectivity index (χ3v) is 9.22. The molecule has 2 atom stereocenters. The Hall–Kier alpha value is -1.59. The van der Waals surface area contributed by atoms with Crippen molar-refractivity contribution in [3.05, 3.63) is 0 Å². The molecule has 0 saturated heterocycles. The molecule has 0 aromatic carbocycles. The van der Waals surface area contributed by atoms with Gasteiger partial charge in [0.1, 0.15) is 0 Å². The van der Waals surface area contributed by atoms with Crippen molar-refractivity contribution in [3.8, 4) is 0 Å². The molecule has 6 heteroatoms. The van der Waals surface area contributed by atoms with Crippen molar-refractivity contribution in [2.45, 2.75) is 111 Å². The highest BCUT2D eigenvalue weighted by molar-refractivity contribution is 5.97. The summed E-state index contributed by atoms with van der Waals surface area (Å²) in [5.74, 6) is -0.273. The van der Waals surface area contributed by atoms with Gasteiger partial charge in [0.15, 0.2) is 0 Å². The molecule has 5 saturated carbocycles. The topological polar surface area (TPSA) is 86.7 Å². The normalized spacial score (nSPS) is 32.0. The largest absolute Gasteiger partial charge is 0.481 e. The van der Waals surface area contributed by atoms with Crippen LogP contribution in [0.2, 0.25) is 0 Å². The zero-order valence-corrected chi connectivity index (χ0v) is 22.6. The van der Waals surface area contributed by atoms with Gasteiger partial charge in [0, 0.05) is 12.1 Å². The summed E-state index contributed by atoms with van der Waals surface area (Å²) in [7, 11) is 0. The van der Waals surface area contributed by atoms with E-state index < -0.39 is 17.8 Å². The van der Waals surface area contributed by atoms with E-state index in [2.05, 4.69) is 5.32 Å². The number of hydrogen-bond acceptors (Lipinski definition) is 3. The number of rotatable bonds is 8. The summed E-state index contributed by atoms with van der Waals surface area (Å²) in [6, 6.07) is -0.295. The van der Waals surface area contributed by atoms with Gasteiger partial charge in [0.2, 0.25) is 5.91 Å². The Bertz CT molecular complexity index is 773. The number of amides is 3. The van der Waals surface area contributed by atoms with Gasteiger partial charge in [-0.2, -0.15) is 0 Å². The van der Waals surface area contributed by atoms with Crippen molar-refractivity contribution in [1.82, 2.24) is 10.2 Å². The molecule has 5 aliphatic rings. The quantitative estimate of drug-likeness (QED) is 0.433. The van der Waals surface area contributed by atoms with Gasteiger partial charge in [0.05, 0.1) is 11.8 Å². The number of urea groups is 1. The molecule has 3 amide bonds. The van der Waals surface area contributed by atoms with Crippen LogP contribution in [0.15, 0.2) is 0 Å². The number of carboxylic acids is 1. The number of carbonyl (C=O) groups excluding carboxylic acids is 2. The predicted octanol–water partition coefficient (Wildman–Crippen LogP) is 6.09. The molecule has 5 rings (SSSR count). The molecule has 0 radical (unpaired) electrons. The highest BCUT2D eigenvalue weighted by Crippen LogP contribution is 2.55. The number of carboxylic acid groups (broad SMARTS) is 1. The van der Waals surface area contributed by atoms with Crippen molar-refractivity contribution >= 4 is 17.9 Å². The lowest BCUT2D eigenvalue weighted by Gasteiger charge is -2.57. The molecule has 5 fully saturated rings. The highest BCUT2D eigenvalue weighted by atomic mass is 16.4. The maximum Gasteiger partial charge on any atom is 0.324 e. The maximum absolute atomic E-state index is 14.2. The molecule has 35 heavy (non-hydrogen) atoms. The average Bonchev–Trinajstić information content (AvgIpc) is 3.22. The number of carbonyl (C=O) groups is 3. The zero-order valence-electron chi connectivity index (χ0n) is 22.6. The third-order valence-electron chi connectivity index (χ3n) is 9.22. The second-order valence-electron chi connectivity index (χ2n) is 14.3. The third kappa shape index (κ3) is 6.05. The van der Waals surface area contributed by atoms with Gasteiger partial charge in [-0.25, -0.2) is 4.79 Å². The number of nitrogens with zero attached hydrogens (tertiary/aromatic N) is 1. The van der Waals surface area contributed by atoms with E-state index in [0.29, 0.717) is 30.7 Å². The molecule has 4 bridgehead atoms. The number of imide groups is 1. The van der Waals surface area contributed by atoms with Crippen LogP contribution in [0.4, 0.5) is 4.79 Å². The molecule has 6 nitrogen and oxygen atoms in total. The number of hydrogen-bond donors (Lipinski definition) is 2. The van der Waals surface area contributed by atoms with Gasteiger partial charge in [-0.1, -0.05) is 47.5 Å². The minimum atomic E-state index is -0.881. The van der Waals surface area contributed by atoms with Crippen LogP contribution in [0.3, 0.4) is 0 Å². The lowest BCUT2D eigenvalue weighted by molar-refractivity contribution is -0.153. The van der Waals surface area contributed by atoms with Crippen molar-refractivity contribution in [1.29, 1.82) is 0 Å². The van der Waals surface area contributed by atoms with Crippen LogP contribution in [0.5, 0.6) is 0 Å². The van der Waals surface area contributed by atoms with Crippen molar-refractivity contribution in [2.75, 3.05) is 6.54 Å². The fourth-order valence-corrected chi connectivity index (χ4v) is 8.41. The smallest absolute Gasteiger partial charge is 0.324 e. The van der Waals surface area contributed by atoms with Gasteiger partial charge < -0.3 is 10.4 Å². The molecule has 0 spiro atoms. The zero-order chi connectivity index (χ0) is 25.5. The lowest BCUT2D eigenvalue weighted by atomic mass is 9.53. The van der Waals surface area contributed by atoms with E-state index in [-0.39, 0.29) is 34.7 Å². The standard InChI is InChI=1S/C29H48N2O4/c1-18(2)10-23(24(26(33)34)22-8-6-7-9-22)25(32)31(17-28(3,4)5)27(35)30-29-14-19-11-20(15-29)13-21(12-19)16-29/h18-24H,6-17H2,1-5H3,(H,30,35)(H,33,34)/t19?,20?,21?,23-,24+,29?/m1/s1. The first-order valence-electron chi connectivity index (χ1n) is 14.2. The fraction of sp³-hybridized carbons (Fsp3) is 0.897. The van der Waals surface area contributed by atoms with E-state index in [4.69, 9.17) is 0 Å². The minimum absolute atomic E-state index is 0.0166. The average molecular weight is 489 g/mol. The molecular weight excluding hydrogens is 440 g/mol.